The maximum atomic E-state index is 12.1. The van der Waals surface area contributed by atoms with Gasteiger partial charge in [0.05, 0.1) is 11.8 Å². The van der Waals surface area contributed by atoms with E-state index in [0.29, 0.717) is 19.5 Å². The lowest BCUT2D eigenvalue weighted by atomic mass is 9.85. The van der Waals surface area contributed by atoms with Gasteiger partial charge >= 0.3 is 5.97 Å². The van der Waals surface area contributed by atoms with Crippen molar-refractivity contribution in [1.82, 2.24) is 4.90 Å². The van der Waals surface area contributed by atoms with E-state index in [1.54, 1.807) is 25.7 Å². The summed E-state index contributed by atoms with van der Waals surface area (Å²) in [5, 5.41) is 8.80. The first-order valence-corrected chi connectivity index (χ1v) is 6.35. The molecule has 1 unspecified atom stereocenters. The quantitative estimate of drug-likeness (QED) is 0.764. The third-order valence-corrected chi connectivity index (χ3v) is 3.68. The van der Waals surface area contributed by atoms with Crippen LogP contribution in [0.5, 0.6) is 0 Å². The van der Waals surface area contributed by atoms with Crippen molar-refractivity contribution in [1.29, 1.82) is 0 Å². The lowest BCUT2D eigenvalue weighted by Crippen LogP contribution is -2.39. The van der Waals surface area contributed by atoms with Crippen LogP contribution in [0.4, 0.5) is 0 Å². The van der Waals surface area contributed by atoms with E-state index in [9.17, 15) is 14.4 Å². The van der Waals surface area contributed by atoms with Crippen molar-refractivity contribution in [3.8, 4) is 0 Å². The summed E-state index contributed by atoms with van der Waals surface area (Å²) < 4.78 is 0. The Bertz CT molecular complexity index is 405. The minimum absolute atomic E-state index is 0.0559. The lowest BCUT2D eigenvalue weighted by molar-refractivity contribution is -0.140. The summed E-state index contributed by atoms with van der Waals surface area (Å²) in [5.74, 6) is -1.43. The Morgan fingerprint density at radius 1 is 1.32 bits per heavy atom. The molecule has 0 spiro atoms. The Kier molecular flexibility index (Phi) is 4.22. The fourth-order valence-corrected chi connectivity index (χ4v) is 2.37. The van der Waals surface area contributed by atoms with Gasteiger partial charge in [-0.3, -0.25) is 14.4 Å². The van der Waals surface area contributed by atoms with E-state index in [1.165, 1.54) is 0 Å². The fourth-order valence-electron chi connectivity index (χ4n) is 2.37. The molecule has 19 heavy (non-hydrogen) atoms. The molecule has 1 heterocycles. The molecule has 1 fully saturated rings. The van der Waals surface area contributed by atoms with Gasteiger partial charge in [0.2, 0.25) is 11.8 Å². The Labute approximate surface area is 112 Å². The molecular formula is C13H22N2O4. The van der Waals surface area contributed by atoms with Crippen LogP contribution in [0.15, 0.2) is 0 Å². The van der Waals surface area contributed by atoms with Gasteiger partial charge in [-0.15, -0.1) is 0 Å². The average molecular weight is 270 g/mol. The number of nitrogens with zero attached hydrogens (tertiary/aromatic N) is 1. The second kappa shape index (κ2) is 5.19. The number of primary amides is 1. The molecule has 0 saturated carbocycles. The van der Waals surface area contributed by atoms with E-state index >= 15 is 0 Å². The van der Waals surface area contributed by atoms with E-state index in [2.05, 4.69) is 0 Å². The van der Waals surface area contributed by atoms with Crippen molar-refractivity contribution in [2.75, 3.05) is 13.1 Å². The molecule has 1 rings (SSSR count). The zero-order chi connectivity index (χ0) is 14.8. The van der Waals surface area contributed by atoms with Crippen molar-refractivity contribution in [3.63, 3.8) is 0 Å². The third-order valence-electron chi connectivity index (χ3n) is 3.68. The molecule has 0 aromatic heterocycles. The topological polar surface area (TPSA) is 101 Å². The fraction of sp³-hybridized carbons (Fsp3) is 0.769. The van der Waals surface area contributed by atoms with Crippen molar-refractivity contribution < 1.29 is 19.5 Å². The highest BCUT2D eigenvalue weighted by Crippen LogP contribution is 2.32. The van der Waals surface area contributed by atoms with Crippen LogP contribution in [0.3, 0.4) is 0 Å². The van der Waals surface area contributed by atoms with Crippen LogP contribution in [0.2, 0.25) is 0 Å². The van der Waals surface area contributed by atoms with E-state index in [0.717, 1.165) is 0 Å². The number of rotatable bonds is 5. The van der Waals surface area contributed by atoms with Gasteiger partial charge in [-0.1, -0.05) is 13.8 Å². The Morgan fingerprint density at radius 2 is 1.89 bits per heavy atom. The summed E-state index contributed by atoms with van der Waals surface area (Å²) in [6, 6.07) is 0. The van der Waals surface area contributed by atoms with Gasteiger partial charge in [0.15, 0.2) is 0 Å². The average Bonchev–Trinajstić information content (AvgIpc) is 2.59. The van der Waals surface area contributed by atoms with E-state index in [1.807, 2.05) is 0 Å². The summed E-state index contributed by atoms with van der Waals surface area (Å²) in [4.78, 5) is 35.8. The van der Waals surface area contributed by atoms with Gasteiger partial charge < -0.3 is 15.7 Å². The second-order valence-electron chi connectivity index (χ2n) is 6.40. The summed E-state index contributed by atoms with van der Waals surface area (Å²) in [6.07, 6.45) is 0.668. The highest BCUT2D eigenvalue weighted by atomic mass is 16.4. The molecule has 0 radical (unpaired) electrons. The Morgan fingerprint density at radius 3 is 2.32 bits per heavy atom. The first kappa shape index (κ1) is 15.5. The number of likely N-dealkylation sites (tertiary alicyclic amines) is 1. The SMILES string of the molecule is CC(C)(CC(=O)O)CC(=O)N1CCC(C)(C(N)=O)C1. The number of carbonyl (C=O) groups excluding carboxylic acids is 2. The largest absolute Gasteiger partial charge is 0.481 e. The zero-order valence-electron chi connectivity index (χ0n) is 11.7. The lowest BCUT2D eigenvalue weighted by Gasteiger charge is -2.26. The number of hydrogen-bond donors (Lipinski definition) is 2. The number of nitrogens with two attached hydrogens (primary N) is 1. The summed E-state index contributed by atoms with van der Waals surface area (Å²) >= 11 is 0. The highest BCUT2D eigenvalue weighted by molar-refractivity contribution is 5.84. The van der Waals surface area contributed by atoms with Crippen LogP contribution in [-0.2, 0) is 14.4 Å². The Hall–Kier alpha value is -1.59. The first-order valence-electron chi connectivity index (χ1n) is 6.35. The zero-order valence-corrected chi connectivity index (χ0v) is 11.7. The number of hydrogen-bond acceptors (Lipinski definition) is 3. The molecule has 0 bridgehead atoms. The molecule has 2 amide bonds. The molecule has 1 aliphatic rings. The predicted octanol–water partition coefficient (Wildman–Crippen LogP) is 0.601. The number of carboxylic acid groups (broad SMARTS) is 1. The van der Waals surface area contributed by atoms with Crippen LogP contribution < -0.4 is 5.73 Å². The van der Waals surface area contributed by atoms with Gasteiger partial charge in [-0.25, -0.2) is 0 Å². The highest BCUT2D eigenvalue weighted by Gasteiger charge is 2.41. The molecule has 0 aromatic carbocycles. The molecule has 3 N–H and O–H groups in total. The van der Waals surface area contributed by atoms with Gasteiger partial charge in [0.1, 0.15) is 0 Å². The minimum Gasteiger partial charge on any atom is -0.481 e. The van der Waals surface area contributed by atoms with Crippen molar-refractivity contribution >= 4 is 17.8 Å². The predicted molar refractivity (Wildman–Crippen MR) is 69.1 cm³/mol. The normalized spacial score (nSPS) is 23.4. The van der Waals surface area contributed by atoms with Crippen LogP contribution in [-0.4, -0.2) is 40.9 Å². The maximum Gasteiger partial charge on any atom is 0.303 e. The molecule has 1 atom stereocenters. The summed E-state index contributed by atoms with van der Waals surface area (Å²) in [7, 11) is 0. The molecule has 108 valence electrons. The van der Waals surface area contributed by atoms with Gasteiger partial charge in [0.25, 0.3) is 0 Å². The van der Waals surface area contributed by atoms with Crippen LogP contribution in [0.1, 0.15) is 40.0 Å². The number of amides is 2. The second-order valence-corrected chi connectivity index (χ2v) is 6.40. The minimum atomic E-state index is -0.916. The molecular weight excluding hydrogens is 248 g/mol. The molecule has 1 aliphatic heterocycles. The monoisotopic (exact) mass is 270 g/mol. The summed E-state index contributed by atoms with van der Waals surface area (Å²) in [5.41, 5.74) is 4.08. The van der Waals surface area contributed by atoms with E-state index in [-0.39, 0.29) is 18.7 Å². The Balaban J connectivity index is 2.61. The van der Waals surface area contributed by atoms with Crippen molar-refractivity contribution in [3.05, 3.63) is 0 Å². The van der Waals surface area contributed by atoms with Crippen LogP contribution in [0, 0.1) is 10.8 Å². The van der Waals surface area contributed by atoms with Crippen LogP contribution >= 0.6 is 0 Å². The van der Waals surface area contributed by atoms with Gasteiger partial charge in [-0.2, -0.15) is 0 Å². The summed E-state index contributed by atoms with van der Waals surface area (Å²) in [6.45, 7) is 6.08. The molecule has 6 heteroatoms. The van der Waals surface area contributed by atoms with Gasteiger partial charge in [0, 0.05) is 19.5 Å². The third kappa shape index (κ3) is 3.94. The number of aliphatic carboxylic acids is 1. The number of carbonyl (C=O) groups is 3. The molecule has 0 aliphatic carbocycles. The van der Waals surface area contributed by atoms with E-state index < -0.39 is 22.7 Å². The van der Waals surface area contributed by atoms with Gasteiger partial charge in [-0.05, 0) is 18.8 Å². The van der Waals surface area contributed by atoms with E-state index in [4.69, 9.17) is 10.8 Å². The van der Waals surface area contributed by atoms with Crippen molar-refractivity contribution in [2.24, 2.45) is 16.6 Å². The first-order chi connectivity index (χ1) is 8.56. The standard InChI is InChI=1S/C13H22N2O4/c1-12(2,7-10(17)18)6-9(16)15-5-4-13(3,8-15)11(14)19/h4-8H2,1-3H3,(H2,14,19)(H,17,18). The number of carboxylic acids is 1. The smallest absolute Gasteiger partial charge is 0.303 e. The molecule has 1 saturated heterocycles. The van der Waals surface area contributed by atoms with Crippen molar-refractivity contribution in [2.45, 2.75) is 40.0 Å². The molecule has 0 aromatic rings. The van der Waals surface area contributed by atoms with Crippen LogP contribution in [0.25, 0.3) is 0 Å². The molecule has 6 nitrogen and oxygen atoms in total. The maximum absolute atomic E-state index is 12.1.